The molecule has 10 saturated carbocycles. The third-order valence-corrected chi connectivity index (χ3v) is 21.6. The maximum absolute atomic E-state index is 2.83. The first-order valence-electron chi connectivity index (χ1n) is 28.0. The van der Waals surface area contributed by atoms with Crippen LogP contribution >= 0.6 is 0 Å². The molecule has 0 spiro atoms. The van der Waals surface area contributed by atoms with Gasteiger partial charge in [0.25, 0.3) is 0 Å². The van der Waals surface area contributed by atoms with Crippen molar-refractivity contribution in [3.05, 3.63) is 24.3 Å². The molecule has 10 aliphatic carbocycles. The van der Waals surface area contributed by atoms with Crippen LogP contribution in [-0.2, 0) is 0 Å². The first kappa shape index (κ1) is 41.5. The van der Waals surface area contributed by atoms with Gasteiger partial charge in [-0.1, -0.05) is 128 Å². The Morgan fingerprint density at radius 3 is 0.810 bits per heavy atom. The molecular formula is C58H94. The standard InChI is InChI=1S/C58H94/c1-39-33-43(31-29-41-17-5-3-6-18-41)37-45(35-39)55-47-21-9-13-25-51(47)57(52-26-14-10-22-48(52)55)58-53-27-15-11-23-49(53)56(50-24-12-16-28-54(50)58)46-36-40(2)34-44(38-46)32-30-42-19-7-4-8-20-42/h29-32,39-58H,3-28,33-38H2,1-2H3. The Morgan fingerprint density at radius 2 is 0.500 bits per heavy atom. The van der Waals surface area contributed by atoms with E-state index in [0.717, 1.165) is 118 Å². The summed E-state index contributed by atoms with van der Waals surface area (Å²) in [6.45, 7) is 5.37. The van der Waals surface area contributed by atoms with Gasteiger partial charge in [-0.25, -0.2) is 0 Å². The summed E-state index contributed by atoms with van der Waals surface area (Å²) in [4.78, 5) is 0. The molecule has 0 aromatic rings. The Kier molecular flexibility index (Phi) is 13.6. The van der Waals surface area contributed by atoms with Gasteiger partial charge in [-0.05, 0) is 234 Å². The van der Waals surface area contributed by atoms with Gasteiger partial charge in [-0.2, -0.15) is 0 Å². The molecule has 0 N–H and O–H groups in total. The van der Waals surface area contributed by atoms with Gasteiger partial charge in [0.2, 0.25) is 0 Å². The summed E-state index contributed by atoms with van der Waals surface area (Å²) < 4.78 is 0. The Balaban J connectivity index is 0.934. The molecule has 0 radical (unpaired) electrons. The second-order valence-corrected chi connectivity index (χ2v) is 25.0. The van der Waals surface area contributed by atoms with Crippen LogP contribution in [0.15, 0.2) is 24.3 Å². The van der Waals surface area contributed by atoms with E-state index in [2.05, 4.69) is 38.2 Å². The number of fused-ring (bicyclic) bond motifs is 4. The normalized spacial score (nSPS) is 49.8. The zero-order chi connectivity index (χ0) is 39.0. The van der Waals surface area contributed by atoms with Crippen molar-refractivity contribution in [3.8, 4) is 0 Å². The second kappa shape index (κ2) is 19.1. The zero-order valence-corrected chi connectivity index (χ0v) is 38.5. The highest BCUT2D eigenvalue weighted by atomic mass is 14.7. The molecule has 14 atom stereocenters. The van der Waals surface area contributed by atoms with Crippen LogP contribution in [0.5, 0.6) is 0 Å². The van der Waals surface area contributed by atoms with E-state index in [9.17, 15) is 0 Å². The van der Waals surface area contributed by atoms with Crippen molar-refractivity contribution < 1.29 is 0 Å². The summed E-state index contributed by atoms with van der Waals surface area (Å²) in [7, 11) is 0. The van der Waals surface area contributed by atoms with Crippen LogP contribution in [0, 0.1) is 118 Å². The average Bonchev–Trinajstić information content (AvgIpc) is 3.26. The van der Waals surface area contributed by atoms with E-state index < -0.39 is 0 Å². The molecule has 0 aromatic heterocycles. The van der Waals surface area contributed by atoms with Crippen LogP contribution in [0.4, 0.5) is 0 Å². The molecule has 14 unspecified atom stereocenters. The lowest BCUT2D eigenvalue weighted by Gasteiger charge is -2.66. The minimum absolute atomic E-state index is 0.878. The van der Waals surface area contributed by atoms with Crippen LogP contribution in [0.3, 0.4) is 0 Å². The molecule has 10 aliphatic rings. The minimum Gasteiger partial charge on any atom is -0.0851 e. The summed E-state index contributed by atoms with van der Waals surface area (Å²) in [5, 5.41) is 0. The number of hydrogen-bond donors (Lipinski definition) is 0. The third kappa shape index (κ3) is 8.71. The molecule has 0 bridgehead atoms. The van der Waals surface area contributed by atoms with Crippen LogP contribution in [-0.4, -0.2) is 0 Å². The van der Waals surface area contributed by atoms with Gasteiger partial charge in [0.1, 0.15) is 0 Å². The van der Waals surface area contributed by atoms with Crippen LogP contribution in [0.1, 0.15) is 219 Å². The van der Waals surface area contributed by atoms with Crippen LogP contribution < -0.4 is 0 Å². The molecule has 326 valence electrons. The maximum atomic E-state index is 2.83. The predicted octanol–water partition coefficient (Wildman–Crippen LogP) is 17.1. The van der Waals surface area contributed by atoms with Crippen molar-refractivity contribution in [3.63, 3.8) is 0 Å². The van der Waals surface area contributed by atoms with Gasteiger partial charge in [-0.15, -0.1) is 0 Å². The monoisotopic (exact) mass is 791 g/mol. The highest BCUT2D eigenvalue weighted by Crippen LogP contribution is 2.68. The van der Waals surface area contributed by atoms with E-state index in [1.807, 2.05) is 0 Å². The summed E-state index contributed by atoms with van der Waals surface area (Å²) in [6, 6.07) is 0. The minimum atomic E-state index is 0.878. The average molecular weight is 791 g/mol. The van der Waals surface area contributed by atoms with Crippen molar-refractivity contribution in [1.29, 1.82) is 0 Å². The van der Waals surface area contributed by atoms with E-state index in [4.69, 9.17) is 0 Å². The highest BCUT2D eigenvalue weighted by molar-refractivity contribution is 5.11. The van der Waals surface area contributed by atoms with Gasteiger partial charge in [0, 0.05) is 0 Å². The van der Waals surface area contributed by atoms with Crippen LogP contribution in [0.2, 0.25) is 0 Å². The lowest BCUT2D eigenvalue weighted by atomic mass is 9.39. The van der Waals surface area contributed by atoms with E-state index in [1.165, 1.54) is 77.0 Å². The van der Waals surface area contributed by atoms with Crippen molar-refractivity contribution in [2.45, 2.75) is 219 Å². The van der Waals surface area contributed by atoms with Crippen LogP contribution in [0.25, 0.3) is 0 Å². The molecule has 0 aromatic carbocycles. The predicted molar refractivity (Wildman–Crippen MR) is 247 cm³/mol. The molecule has 0 aliphatic heterocycles. The summed E-state index contributed by atoms with van der Waals surface area (Å²) in [5.74, 6) is 20.5. The van der Waals surface area contributed by atoms with E-state index in [1.54, 1.807) is 128 Å². The third-order valence-electron chi connectivity index (χ3n) is 21.6. The molecule has 10 fully saturated rings. The fourth-order valence-electron chi connectivity index (χ4n) is 20.0. The van der Waals surface area contributed by atoms with Gasteiger partial charge < -0.3 is 0 Å². The number of allylic oxidation sites excluding steroid dienone is 4. The van der Waals surface area contributed by atoms with Crippen molar-refractivity contribution in [2.75, 3.05) is 0 Å². The Morgan fingerprint density at radius 1 is 0.241 bits per heavy atom. The summed E-state index contributed by atoms with van der Waals surface area (Å²) >= 11 is 0. The largest absolute Gasteiger partial charge is 0.0851 e. The molecule has 58 heavy (non-hydrogen) atoms. The quantitative estimate of drug-likeness (QED) is 0.225. The highest BCUT2D eigenvalue weighted by Gasteiger charge is 2.61. The van der Waals surface area contributed by atoms with Crippen molar-refractivity contribution in [2.24, 2.45) is 118 Å². The van der Waals surface area contributed by atoms with Gasteiger partial charge >= 0.3 is 0 Å². The Labute approximate surface area is 360 Å². The molecular weight excluding hydrogens is 697 g/mol. The van der Waals surface area contributed by atoms with E-state index in [0.29, 0.717) is 0 Å². The smallest absolute Gasteiger partial charge is 0.0228 e. The fourth-order valence-corrected chi connectivity index (χ4v) is 20.0. The lowest BCUT2D eigenvalue weighted by molar-refractivity contribution is -0.175. The first-order valence-corrected chi connectivity index (χ1v) is 28.0. The zero-order valence-electron chi connectivity index (χ0n) is 38.5. The van der Waals surface area contributed by atoms with Gasteiger partial charge in [-0.3, -0.25) is 0 Å². The molecule has 0 heterocycles. The second-order valence-electron chi connectivity index (χ2n) is 25.0. The lowest BCUT2D eigenvalue weighted by Crippen LogP contribution is -2.60. The molecule has 10 rings (SSSR count). The van der Waals surface area contributed by atoms with Crippen molar-refractivity contribution in [1.82, 2.24) is 0 Å². The Hall–Kier alpha value is -0.520. The summed E-state index contributed by atoms with van der Waals surface area (Å²) in [6.07, 6.45) is 60.8. The summed E-state index contributed by atoms with van der Waals surface area (Å²) in [5.41, 5.74) is 0. The Bertz CT molecular complexity index is 1190. The van der Waals surface area contributed by atoms with Crippen molar-refractivity contribution >= 4 is 0 Å². The van der Waals surface area contributed by atoms with E-state index in [-0.39, 0.29) is 0 Å². The van der Waals surface area contributed by atoms with E-state index >= 15 is 0 Å². The molecule has 0 nitrogen and oxygen atoms in total. The number of hydrogen-bond acceptors (Lipinski definition) is 0. The molecule has 0 saturated heterocycles. The van der Waals surface area contributed by atoms with Gasteiger partial charge in [0.05, 0.1) is 0 Å². The first-order chi connectivity index (χ1) is 28.6. The topological polar surface area (TPSA) is 0 Å². The SMILES string of the molecule is CC1CC(C=CC2CCCCC2)CC(C2C3CCCCC3C(C3C4CCCCC4C(C4CC(C)CC(C=CC5CCCCC5)C4)C4CCCCC43)C3CCCCC32)C1. The van der Waals surface area contributed by atoms with Gasteiger partial charge in [0.15, 0.2) is 0 Å². The fraction of sp³-hybridized carbons (Fsp3) is 0.931. The number of rotatable bonds is 7. The molecule has 0 amide bonds. The molecule has 0 heteroatoms. The maximum Gasteiger partial charge on any atom is -0.0228 e.